The van der Waals surface area contributed by atoms with E-state index in [0.717, 1.165) is 24.9 Å². The maximum atomic E-state index is 12.3. The van der Waals surface area contributed by atoms with Crippen molar-refractivity contribution in [3.05, 3.63) is 85.4 Å². The average Bonchev–Trinajstić information content (AvgIpc) is 2.80. The third-order valence-corrected chi connectivity index (χ3v) is 5.77. The molecule has 0 atom stereocenters. The molecule has 0 aromatic heterocycles. The fourth-order valence-corrected chi connectivity index (χ4v) is 3.95. The van der Waals surface area contributed by atoms with E-state index in [9.17, 15) is 4.79 Å². The fraction of sp³-hybridized carbons (Fsp3) is 0.200. The number of nitrogens with zero attached hydrogens (tertiary/aromatic N) is 1. The molecule has 0 heterocycles. The average molecular weight is 623 g/mol. The van der Waals surface area contributed by atoms with E-state index in [1.165, 1.54) is 0 Å². The highest BCUT2D eigenvalue weighted by atomic mass is 127. The van der Waals surface area contributed by atoms with E-state index in [2.05, 4.69) is 49.0 Å². The van der Waals surface area contributed by atoms with Gasteiger partial charge in [0.2, 0.25) is 0 Å². The van der Waals surface area contributed by atoms with Crippen molar-refractivity contribution >= 4 is 50.6 Å². The number of ether oxygens (including phenoxy) is 3. The van der Waals surface area contributed by atoms with Gasteiger partial charge in [0.15, 0.2) is 11.5 Å². The second kappa shape index (κ2) is 12.6. The summed E-state index contributed by atoms with van der Waals surface area (Å²) in [5.74, 6) is 1.72. The first-order valence-electron chi connectivity index (χ1n) is 10.4. The quantitative estimate of drug-likeness (QED) is 0.166. The van der Waals surface area contributed by atoms with Crippen LogP contribution >= 0.6 is 38.5 Å². The van der Waals surface area contributed by atoms with Crippen molar-refractivity contribution < 1.29 is 19.0 Å². The lowest BCUT2D eigenvalue weighted by molar-refractivity contribution is 0.0955. The van der Waals surface area contributed by atoms with Crippen molar-refractivity contribution in [3.8, 4) is 17.2 Å². The van der Waals surface area contributed by atoms with Gasteiger partial charge in [0.25, 0.3) is 5.91 Å². The van der Waals surface area contributed by atoms with Crippen LogP contribution in [-0.4, -0.2) is 25.3 Å². The van der Waals surface area contributed by atoms with E-state index in [1.54, 1.807) is 30.5 Å². The van der Waals surface area contributed by atoms with E-state index < -0.39 is 0 Å². The highest BCUT2D eigenvalue weighted by molar-refractivity contribution is 14.1. The Hall–Kier alpha value is -2.59. The zero-order chi connectivity index (χ0) is 23.6. The molecule has 0 saturated heterocycles. The molecular formula is C25H24BrIN2O4. The summed E-state index contributed by atoms with van der Waals surface area (Å²) in [7, 11) is 0. The molecule has 0 radical (unpaired) electrons. The highest BCUT2D eigenvalue weighted by Gasteiger charge is 2.12. The molecule has 6 nitrogen and oxygen atoms in total. The summed E-state index contributed by atoms with van der Waals surface area (Å²) in [4.78, 5) is 12.3. The molecule has 1 N–H and O–H groups in total. The van der Waals surface area contributed by atoms with Crippen molar-refractivity contribution in [3.63, 3.8) is 0 Å². The van der Waals surface area contributed by atoms with Crippen LogP contribution in [0.4, 0.5) is 0 Å². The minimum absolute atomic E-state index is 0.302. The molecular weight excluding hydrogens is 599 g/mol. The number of hydrazone groups is 1. The van der Waals surface area contributed by atoms with E-state index in [4.69, 9.17) is 14.2 Å². The molecule has 0 aliphatic carbocycles. The van der Waals surface area contributed by atoms with Gasteiger partial charge < -0.3 is 14.2 Å². The molecule has 33 heavy (non-hydrogen) atoms. The van der Waals surface area contributed by atoms with Crippen LogP contribution in [0.5, 0.6) is 17.2 Å². The van der Waals surface area contributed by atoms with Crippen LogP contribution in [-0.2, 0) is 6.61 Å². The summed E-state index contributed by atoms with van der Waals surface area (Å²) in [6, 6.07) is 18.6. The second-order valence-electron chi connectivity index (χ2n) is 6.83. The molecule has 3 aromatic carbocycles. The lowest BCUT2D eigenvalue weighted by Crippen LogP contribution is -2.17. The Balaban J connectivity index is 1.67. The summed E-state index contributed by atoms with van der Waals surface area (Å²) in [5, 5.41) is 4.09. The van der Waals surface area contributed by atoms with Crippen molar-refractivity contribution in [1.82, 2.24) is 5.43 Å². The minimum Gasteiger partial charge on any atom is -0.494 e. The Morgan fingerprint density at radius 1 is 1.00 bits per heavy atom. The highest BCUT2D eigenvalue weighted by Crippen LogP contribution is 2.34. The Bertz CT molecular complexity index is 1100. The van der Waals surface area contributed by atoms with Crippen molar-refractivity contribution in [1.29, 1.82) is 0 Å². The number of carbonyl (C=O) groups is 1. The first-order chi connectivity index (χ1) is 16.0. The molecule has 0 bridgehead atoms. The van der Waals surface area contributed by atoms with Crippen LogP contribution in [0, 0.1) is 3.57 Å². The van der Waals surface area contributed by atoms with Crippen molar-refractivity contribution in [2.45, 2.75) is 20.5 Å². The number of carbonyl (C=O) groups excluding carboxylic acids is 1. The van der Waals surface area contributed by atoms with Gasteiger partial charge in [-0.3, -0.25) is 4.79 Å². The van der Waals surface area contributed by atoms with Crippen LogP contribution in [0.3, 0.4) is 0 Å². The number of halogens is 2. The predicted molar refractivity (Wildman–Crippen MR) is 141 cm³/mol. The van der Waals surface area contributed by atoms with Gasteiger partial charge >= 0.3 is 0 Å². The maximum Gasteiger partial charge on any atom is 0.271 e. The Kier molecular flexibility index (Phi) is 9.56. The zero-order valence-electron chi connectivity index (χ0n) is 18.3. The topological polar surface area (TPSA) is 69.2 Å². The normalized spacial score (nSPS) is 10.8. The second-order valence-corrected chi connectivity index (χ2v) is 8.91. The smallest absolute Gasteiger partial charge is 0.271 e. The molecule has 0 unspecified atom stereocenters. The Morgan fingerprint density at radius 3 is 2.36 bits per heavy atom. The molecule has 172 valence electrons. The number of amides is 1. The summed E-state index contributed by atoms with van der Waals surface area (Å²) in [6.07, 6.45) is 1.58. The van der Waals surface area contributed by atoms with Crippen LogP contribution in [0.25, 0.3) is 0 Å². The molecule has 0 aliphatic heterocycles. The molecule has 0 saturated carbocycles. The molecule has 1 amide bonds. The third kappa shape index (κ3) is 7.46. The minimum atomic E-state index is -0.302. The van der Waals surface area contributed by atoms with Gasteiger partial charge in [-0.15, -0.1) is 0 Å². The van der Waals surface area contributed by atoms with Crippen LogP contribution in [0.15, 0.2) is 70.2 Å². The van der Waals surface area contributed by atoms with Gasteiger partial charge in [-0.2, -0.15) is 5.10 Å². The van der Waals surface area contributed by atoms with Gasteiger partial charge in [0, 0.05) is 10.0 Å². The van der Waals surface area contributed by atoms with Gasteiger partial charge in [0.1, 0.15) is 12.4 Å². The van der Waals surface area contributed by atoms with Crippen LogP contribution in [0.1, 0.15) is 35.3 Å². The van der Waals surface area contributed by atoms with E-state index >= 15 is 0 Å². The van der Waals surface area contributed by atoms with Gasteiger partial charge in [-0.1, -0.05) is 28.1 Å². The van der Waals surface area contributed by atoms with Crippen LogP contribution in [0.2, 0.25) is 0 Å². The van der Waals surface area contributed by atoms with E-state index in [-0.39, 0.29) is 5.91 Å². The number of hydrogen-bond acceptors (Lipinski definition) is 5. The monoisotopic (exact) mass is 622 g/mol. The number of rotatable bonds is 10. The standard InChI is InChI=1S/C25H24BrIN2O4/c1-3-31-21-11-7-19(8-12-21)25(30)29-28-15-18-13-22(27)24(23(14-18)32-4-2)33-16-17-5-9-20(26)10-6-17/h5-15H,3-4,16H2,1-2H3,(H,29,30)/b28-15+. The summed E-state index contributed by atoms with van der Waals surface area (Å²) < 4.78 is 19.2. The maximum absolute atomic E-state index is 12.3. The molecule has 3 aromatic rings. The van der Waals surface area contributed by atoms with E-state index in [1.807, 2.05) is 50.2 Å². The first kappa shape index (κ1) is 25.0. The Labute approximate surface area is 215 Å². The lowest BCUT2D eigenvalue weighted by atomic mass is 10.2. The van der Waals surface area contributed by atoms with Crippen LogP contribution < -0.4 is 19.6 Å². The molecule has 0 spiro atoms. The third-order valence-electron chi connectivity index (χ3n) is 4.44. The molecule has 3 rings (SSSR count). The SMILES string of the molecule is CCOc1ccc(C(=O)N/N=C/c2cc(I)c(OCc3ccc(Br)cc3)c(OCC)c2)cc1. The van der Waals surface area contributed by atoms with Gasteiger partial charge in [-0.25, -0.2) is 5.43 Å². The number of nitrogens with one attached hydrogen (secondary N) is 1. The van der Waals surface area contributed by atoms with E-state index in [0.29, 0.717) is 36.9 Å². The van der Waals surface area contributed by atoms with Crippen molar-refractivity contribution in [2.75, 3.05) is 13.2 Å². The lowest BCUT2D eigenvalue weighted by Gasteiger charge is -2.15. The fourth-order valence-electron chi connectivity index (χ4n) is 2.90. The summed E-state index contributed by atoms with van der Waals surface area (Å²) in [5.41, 5.74) is 4.88. The summed E-state index contributed by atoms with van der Waals surface area (Å²) >= 11 is 5.65. The number of hydrogen-bond donors (Lipinski definition) is 1. The van der Waals surface area contributed by atoms with Gasteiger partial charge in [-0.05, 0) is 96.1 Å². The zero-order valence-corrected chi connectivity index (χ0v) is 22.1. The molecule has 8 heteroatoms. The predicted octanol–water partition coefficient (Wildman–Crippen LogP) is 6.19. The largest absolute Gasteiger partial charge is 0.494 e. The summed E-state index contributed by atoms with van der Waals surface area (Å²) in [6.45, 7) is 5.33. The molecule has 0 fully saturated rings. The van der Waals surface area contributed by atoms with Crippen molar-refractivity contribution in [2.24, 2.45) is 5.10 Å². The molecule has 0 aliphatic rings. The first-order valence-corrected chi connectivity index (χ1v) is 12.3. The van der Waals surface area contributed by atoms with Gasteiger partial charge in [0.05, 0.1) is 23.0 Å². The Morgan fingerprint density at radius 2 is 1.70 bits per heavy atom. The number of benzene rings is 3.